The number of nitrogen functional groups attached to an aromatic ring is 1. The van der Waals surface area contributed by atoms with Crippen molar-refractivity contribution in [3.63, 3.8) is 0 Å². The van der Waals surface area contributed by atoms with Crippen LogP contribution in [-0.4, -0.2) is 42.4 Å². The van der Waals surface area contributed by atoms with Crippen LogP contribution in [0.3, 0.4) is 0 Å². The standard InChI is InChI=1S/C10H13N5O2/c11-10-12-2-6-9(14-10)15(4-13-6)7-1-5(3-16)8(7)17/h2,4-5,7-8,16-17H,1,3H2,(H2,11,12,14). The summed E-state index contributed by atoms with van der Waals surface area (Å²) in [5, 5.41) is 18.9. The lowest BCUT2D eigenvalue weighted by Gasteiger charge is -2.40. The van der Waals surface area contributed by atoms with Gasteiger partial charge in [0.1, 0.15) is 5.52 Å². The fraction of sp³-hybridized carbons (Fsp3) is 0.500. The highest BCUT2D eigenvalue weighted by Gasteiger charge is 2.41. The number of aromatic nitrogens is 4. The van der Waals surface area contributed by atoms with Crippen LogP contribution in [0.1, 0.15) is 12.5 Å². The SMILES string of the molecule is Nc1ncc2ncn(C3CC(CO)C3O)c2n1. The van der Waals surface area contributed by atoms with Crippen LogP contribution >= 0.6 is 0 Å². The fourth-order valence-electron chi connectivity index (χ4n) is 2.25. The Hall–Kier alpha value is -1.73. The van der Waals surface area contributed by atoms with Crippen LogP contribution in [0, 0.1) is 5.92 Å². The zero-order valence-corrected chi connectivity index (χ0v) is 9.06. The van der Waals surface area contributed by atoms with Gasteiger partial charge in [-0.2, -0.15) is 4.98 Å². The molecule has 0 amide bonds. The Labute approximate surface area is 96.9 Å². The number of imidazole rings is 1. The van der Waals surface area contributed by atoms with Crippen molar-refractivity contribution >= 4 is 17.1 Å². The minimum atomic E-state index is -0.561. The minimum absolute atomic E-state index is 0.00141. The van der Waals surface area contributed by atoms with E-state index in [0.717, 1.165) is 0 Å². The van der Waals surface area contributed by atoms with E-state index in [1.54, 1.807) is 17.1 Å². The highest BCUT2D eigenvalue weighted by atomic mass is 16.3. The van der Waals surface area contributed by atoms with Crippen molar-refractivity contribution < 1.29 is 10.2 Å². The number of hydrogen-bond donors (Lipinski definition) is 3. The summed E-state index contributed by atoms with van der Waals surface area (Å²) in [6.45, 7) is 0.00141. The molecule has 1 saturated carbocycles. The Balaban J connectivity index is 1.99. The molecule has 90 valence electrons. The molecule has 3 rings (SSSR count). The van der Waals surface area contributed by atoms with Gasteiger partial charge in [-0.25, -0.2) is 9.97 Å². The number of hydrogen-bond acceptors (Lipinski definition) is 6. The van der Waals surface area contributed by atoms with Crippen molar-refractivity contribution in [3.05, 3.63) is 12.5 Å². The van der Waals surface area contributed by atoms with Gasteiger partial charge in [-0.15, -0.1) is 0 Å². The summed E-state index contributed by atoms with van der Waals surface area (Å²) < 4.78 is 1.80. The molecule has 1 aliphatic rings. The van der Waals surface area contributed by atoms with Gasteiger partial charge in [-0.1, -0.05) is 0 Å². The highest BCUT2D eigenvalue weighted by molar-refractivity contribution is 5.70. The molecule has 3 unspecified atom stereocenters. The third kappa shape index (κ3) is 1.47. The number of aliphatic hydroxyl groups excluding tert-OH is 2. The molecule has 0 bridgehead atoms. The number of anilines is 1. The maximum Gasteiger partial charge on any atom is 0.222 e. The van der Waals surface area contributed by atoms with Crippen LogP contribution in [0.5, 0.6) is 0 Å². The fourth-order valence-corrected chi connectivity index (χ4v) is 2.25. The first-order valence-corrected chi connectivity index (χ1v) is 5.44. The number of rotatable bonds is 2. The van der Waals surface area contributed by atoms with E-state index in [9.17, 15) is 5.11 Å². The lowest BCUT2D eigenvalue weighted by molar-refractivity contribution is -0.0550. The average molecular weight is 235 g/mol. The summed E-state index contributed by atoms with van der Waals surface area (Å²) in [7, 11) is 0. The minimum Gasteiger partial charge on any atom is -0.396 e. The molecular formula is C10H13N5O2. The molecule has 2 aromatic rings. The first kappa shape index (κ1) is 10.4. The second kappa shape index (κ2) is 3.64. The van der Waals surface area contributed by atoms with Crippen LogP contribution in [0.25, 0.3) is 11.2 Å². The Morgan fingerprint density at radius 3 is 3.00 bits per heavy atom. The van der Waals surface area contributed by atoms with Gasteiger partial charge in [0.2, 0.25) is 5.95 Å². The van der Waals surface area contributed by atoms with Crippen LogP contribution in [0.15, 0.2) is 12.5 Å². The summed E-state index contributed by atoms with van der Waals surface area (Å²) in [4.78, 5) is 12.1. The molecular weight excluding hydrogens is 222 g/mol. The van der Waals surface area contributed by atoms with E-state index in [4.69, 9.17) is 10.8 Å². The third-order valence-corrected chi connectivity index (χ3v) is 3.35. The highest BCUT2D eigenvalue weighted by Crippen LogP contribution is 2.38. The first-order valence-electron chi connectivity index (χ1n) is 5.44. The normalized spacial score (nSPS) is 28.2. The summed E-state index contributed by atoms with van der Waals surface area (Å²) in [5.41, 5.74) is 6.81. The van der Waals surface area contributed by atoms with Gasteiger partial charge in [0, 0.05) is 12.5 Å². The van der Waals surface area contributed by atoms with E-state index in [1.807, 2.05) is 0 Å². The largest absolute Gasteiger partial charge is 0.396 e. The summed E-state index contributed by atoms with van der Waals surface area (Å²) in [5.74, 6) is 0.128. The summed E-state index contributed by atoms with van der Waals surface area (Å²) >= 11 is 0. The second-order valence-electron chi connectivity index (χ2n) is 4.33. The molecule has 17 heavy (non-hydrogen) atoms. The van der Waals surface area contributed by atoms with Crippen molar-refractivity contribution in [2.75, 3.05) is 12.3 Å². The van der Waals surface area contributed by atoms with Gasteiger partial charge in [0.15, 0.2) is 5.65 Å². The molecule has 4 N–H and O–H groups in total. The van der Waals surface area contributed by atoms with Gasteiger partial charge in [-0.3, -0.25) is 0 Å². The van der Waals surface area contributed by atoms with E-state index >= 15 is 0 Å². The van der Waals surface area contributed by atoms with E-state index in [-0.39, 0.29) is 24.5 Å². The zero-order valence-electron chi connectivity index (χ0n) is 9.06. The molecule has 0 aliphatic heterocycles. The van der Waals surface area contributed by atoms with Crippen LogP contribution < -0.4 is 5.73 Å². The van der Waals surface area contributed by atoms with Gasteiger partial charge < -0.3 is 20.5 Å². The molecule has 1 fully saturated rings. The first-order chi connectivity index (χ1) is 8.20. The Morgan fingerprint density at radius 1 is 1.47 bits per heavy atom. The molecule has 7 nitrogen and oxygen atoms in total. The van der Waals surface area contributed by atoms with Crippen molar-refractivity contribution in [2.24, 2.45) is 5.92 Å². The summed E-state index contributed by atoms with van der Waals surface area (Å²) in [6.07, 6.45) is 3.34. The molecule has 2 aromatic heterocycles. The second-order valence-corrected chi connectivity index (χ2v) is 4.33. The smallest absolute Gasteiger partial charge is 0.222 e. The predicted molar refractivity (Wildman–Crippen MR) is 60.0 cm³/mol. The van der Waals surface area contributed by atoms with Crippen LogP contribution in [-0.2, 0) is 0 Å². The van der Waals surface area contributed by atoms with Gasteiger partial charge in [0.05, 0.1) is 24.7 Å². The van der Waals surface area contributed by atoms with Crippen molar-refractivity contribution in [3.8, 4) is 0 Å². The monoisotopic (exact) mass is 235 g/mol. The Kier molecular flexibility index (Phi) is 2.23. The van der Waals surface area contributed by atoms with E-state index in [0.29, 0.717) is 17.6 Å². The predicted octanol–water partition coefficient (Wildman–Crippen LogP) is -0.677. The number of nitrogens with zero attached hydrogens (tertiary/aromatic N) is 4. The van der Waals surface area contributed by atoms with E-state index in [1.165, 1.54) is 0 Å². The molecule has 0 aromatic carbocycles. The number of nitrogens with two attached hydrogens (primary N) is 1. The van der Waals surface area contributed by atoms with E-state index in [2.05, 4.69) is 15.0 Å². The van der Waals surface area contributed by atoms with Crippen LogP contribution in [0.2, 0.25) is 0 Å². The lowest BCUT2D eigenvalue weighted by atomic mass is 9.77. The zero-order chi connectivity index (χ0) is 12.0. The maximum absolute atomic E-state index is 9.88. The summed E-state index contributed by atoms with van der Waals surface area (Å²) in [6, 6.07) is -0.0913. The van der Waals surface area contributed by atoms with Gasteiger partial charge in [-0.05, 0) is 6.42 Å². The average Bonchev–Trinajstić information content (AvgIpc) is 2.71. The van der Waals surface area contributed by atoms with Crippen molar-refractivity contribution in [2.45, 2.75) is 18.6 Å². The Bertz CT molecular complexity index is 555. The number of aliphatic hydroxyl groups is 2. The molecule has 0 saturated heterocycles. The molecule has 1 aliphatic carbocycles. The molecule has 7 heteroatoms. The molecule has 0 spiro atoms. The maximum atomic E-state index is 9.88. The van der Waals surface area contributed by atoms with Gasteiger partial charge >= 0.3 is 0 Å². The third-order valence-electron chi connectivity index (χ3n) is 3.35. The quantitative estimate of drug-likeness (QED) is 0.636. The molecule has 2 heterocycles. The number of fused-ring (bicyclic) bond motifs is 1. The lowest BCUT2D eigenvalue weighted by Crippen LogP contribution is -2.44. The van der Waals surface area contributed by atoms with Crippen molar-refractivity contribution in [1.82, 2.24) is 19.5 Å². The molecule has 0 radical (unpaired) electrons. The Morgan fingerprint density at radius 2 is 2.29 bits per heavy atom. The topological polar surface area (TPSA) is 110 Å². The van der Waals surface area contributed by atoms with E-state index < -0.39 is 6.10 Å². The van der Waals surface area contributed by atoms with Crippen LogP contribution in [0.4, 0.5) is 5.95 Å². The van der Waals surface area contributed by atoms with Gasteiger partial charge in [0.25, 0.3) is 0 Å². The van der Waals surface area contributed by atoms with Crippen molar-refractivity contribution in [1.29, 1.82) is 0 Å². The molecule has 3 atom stereocenters.